The number of para-hydroxylation sites is 1. The van der Waals surface area contributed by atoms with Crippen molar-refractivity contribution in [2.24, 2.45) is 0 Å². The summed E-state index contributed by atoms with van der Waals surface area (Å²) < 4.78 is 5.07. The molecule has 0 unspecified atom stereocenters. The summed E-state index contributed by atoms with van der Waals surface area (Å²) in [5.74, 6) is -0.713. The lowest BCUT2D eigenvalue weighted by atomic mass is 10.0. The van der Waals surface area contributed by atoms with Crippen LogP contribution in [0.3, 0.4) is 0 Å². The molecule has 3 aromatic carbocycles. The van der Waals surface area contributed by atoms with E-state index >= 15 is 0 Å². The maximum atomic E-state index is 12.2. The van der Waals surface area contributed by atoms with Crippen molar-refractivity contribution in [1.82, 2.24) is 0 Å². The molecule has 3 aromatic rings. The molecule has 0 aromatic heterocycles. The molecule has 0 bridgehead atoms. The van der Waals surface area contributed by atoms with Crippen LogP contribution in [0.25, 0.3) is 11.1 Å². The zero-order chi connectivity index (χ0) is 19.8. The van der Waals surface area contributed by atoms with Crippen molar-refractivity contribution < 1.29 is 14.3 Å². The minimum Gasteiger partial charge on any atom is -0.455 e. The highest BCUT2D eigenvalue weighted by molar-refractivity contribution is 8.00. The number of halogens is 1. The molecule has 1 N–H and O–H groups in total. The number of carbonyl (C=O) groups is 2. The number of anilines is 1. The number of thioether (sulfide) groups is 1. The number of ether oxygens (including phenoxy) is 1. The Hall–Kier alpha value is -2.76. The highest BCUT2D eigenvalue weighted by atomic mass is 35.5. The van der Waals surface area contributed by atoms with Gasteiger partial charge in [0.05, 0.1) is 5.75 Å². The molecule has 0 saturated carbocycles. The van der Waals surface area contributed by atoms with Gasteiger partial charge < -0.3 is 10.1 Å². The number of nitrogens with one attached hydrogen (secondary N) is 1. The zero-order valence-electron chi connectivity index (χ0n) is 14.9. The van der Waals surface area contributed by atoms with Crippen LogP contribution in [0, 0.1) is 0 Å². The third kappa shape index (κ3) is 5.87. The van der Waals surface area contributed by atoms with Gasteiger partial charge in [0.1, 0.15) is 0 Å². The topological polar surface area (TPSA) is 55.4 Å². The second-order valence-corrected chi connectivity index (χ2v) is 7.35. The summed E-state index contributed by atoms with van der Waals surface area (Å²) in [5, 5.41) is 3.45. The second kappa shape index (κ2) is 9.97. The molecule has 0 aliphatic heterocycles. The van der Waals surface area contributed by atoms with Crippen LogP contribution < -0.4 is 5.32 Å². The quantitative estimate of drug-likeness (QED) is 0.424. The molecule has 4 nitrogen and oxygen atoms in total. The van der Waals surface area contributed by atoms with E-state index in [1.165, 1.54) is 11.8 Å². The summed E-state index contributed by atoms with van der Waals surface area (Å²) in [7, 11) is 0. The smallest absolute Gasteiger partial charge is 0.316 e. The highest BCUT2D eigenvalue weighted by Gasteiger charge is 2.11. The van der Waals surface area contributed by atoms with Crippen molar-refractivity contribution in [3.8, 4) is 11.1 Å². The fourth-order valence-corrected chi connectivity index (χ4v) is 3.33. The first-order chi connectivity index (χ1) is 13.6. The van der Waals surface area contributed by atoms with Crippen molar-refractivity contribution in [3.63, 3.8) is 0 Å². The van der Waals surface area contributed by atoms with Crippen LogP contribution in [-0.2, 0) is 14.3 Å². The second-order valence-electron chi connectivity index (χ2n) is 5.86. The molecular weight excluding hydrogens is 394 g/mol. The van der Waals surface area contributed by atoms with E-state index in [0.29, 0.717) is 10.7 Å². The van der Waals surface area contributed by atoms with Gasteiger partial charge in [-0.05, 0) is 35.9 Å². The standard InChI is InChI=1S/C22H18ClNO3S/c23-17-10-12-18(13-11-17)28-15-22(26)27-14-21(25)24-20-9-5-4-8-19(20)16-6-2-1-3-7-16/h1-13H,14-15H2,(H,24,25). The lowest BCUT2D eigenvalue weighted by Crippen LogP contribution is -2.21. The van der Waals surface area contributed by atoms with E-state index in [4.69, 9.17) is 16.3 Å². The van der Waals surface area contributed by atoms with E-state index in [0.717, 1.165) is 16.0 Å². The molecule has 0 fully saturated rings. The average Bonchev–Trinajstić information content (AvgIpc) is 2.73. The molecule has 28 heavy (non-hydrogen) atoms. The predicted molar refractivity (Wildman–Crippen MR) is 114 cm³/mol. The summed E-state index contributed by atoms with van der Waals surface area (Å²) >= 11 is 7.16. The predicted octanol–water partition coefficient (Wildman–Crippen LogP) is 5.28. The third-order valence-corrected chi connectivity index (χ3v) is 5.06. The largest absolute Gasteiger partial charge is 0.455 e. The van der Waals surface area contributed by atoms with Gasteiger partial charge in [-0.1, -0.05) is 60.1 Å². The van der Waals surface area contributed by atoms with Gasteiger partial charge in [-0.25, -0.2) is 0 Å². The minimum atomic E-state index is -0.452. The van der Waals surface area contributed by atoms with Crippen molar-refractivity contribution in [2.45, 2.75) is 4.90 Å². The fourth-order valence-electron chi connectivity index (χ4n) is 2.51. The third-order valence-electron chi connectivity index (χ3n) is 3.82. The van der Waals surface area contributed by atoms with Crippen molar-refractivity contribution in [2.75, 3.05) is 17.7 Å². The van der Waals surface area contributed by atoms with E-state index in [1.54, 1.807) is 12.1 Å². The molecule has 1 amide bonds. The SMILES string of the molecule is O=C(COC(=O)CSc1ccc(Cl)cc1)Nc1ccccc1-c1ccccc1. The van der Waals surface area contributed by atoms with Crippen molar-refractivity contribution >= 4 is 40.9 Å². The van der Waals surface area contributed by atoms with Gasteiger partial charge in [-0.15, -0.1) is 11.8 Å². The Balaban J connectivity index is 1.51. The van der Waals surface area contributed by atoms with Gasteiger partial charge in [0.2, 0.25) is 0 Å². The molecule has 6 heteroatoms. The van der Waals surface area contributed by atoms with Crippen molar-refractivity contribution in [3.05, 3.63) is 83.9 Å². The van der Waals surface area contributed by atoms with Crippen LogP contribution in [0.2, 0.25) is 5.02 Å². The van der Waals surface area contributed by atoms with E-state index < -0.39 is 5.97 Å². The Morgan fingerprint density at radius 2 is 1.57 bits per heavy atom. The van der Waals surface area contributed by atoms with Gasteiger partial charge in [0.15, 0.2) is 6.61 Å². The number of amides is 1. The Morgan fingerprint density at radius 1 is 0.893 bits per heavy atom. The maximum absolute atomic E-state index is 12.2. The average molecular weight is 412 g/mol. The molecule has 0 spiro atoms. The lowest BCUT2D eigenvalue weighted by Gasteiger charge is -2.11. The maximum Gasteiger partial charge on any atom is 0.316 e. The fraction of sp³-hybridized carbons (Fsp3) is 0.0909. The van der Waals surface area contributed by atoms with Crippen LogP contribution in [0.15, 0.2) is 83.8 Å². The first kappa shape index (κ1) is 20.0. The van der Waals surface area contributed by atoms with E-state index in [9.17, 15) is 9.59 Å². The molecule has 0 aliphatic carbocycles. The molecule has 0 atom stereocenters. The van der Waals surface area contributed by atoms with E-state index in [-0.39, 0.29) is 18.3 Å². The van der Waals surface area contributed by atoms with Gasteiger partial charge >= 0.3 is 5.97 Å². The lowest BCUT2D eigenvalue weighted by molar-refractivity contribution is -0.144. The summed E-state index contributed by atoms with van der Waals surface area (Å²) in [5.41, 5.74) is 2.57. The van der Waals surface area contributed by atoms with Gasteiger partial charge in [-0.3, -0.25) is 9.59 Å². The van der Waals surface area contributed by atoms with Gasteiger partial charge in [-0.2, -0.15) is 0 Å². The van der Waals surface area contributed by atoms with Crippen LogP contribution in [0.1, 0.15) is 0 Å². The minimum absolute atomic E-state index is 0.121. The van der Waals surface area contributed by atoms with E-state index in [2.05, 4.69) is 5.32 Å². The van der Waals surface area contributed by atoms with Crippen LogP contribution in [0.4, 0.5) is 5.69 Å². The Kier molecular flexibility index (Phi) is 7.12. The molecule has 3 rings (SSSR count). The van der Waals surface area contributed by atoms with Gasteiger partial charge in [0, 0.05) is 21.2 Å². The first-order valence-electron chi connectivity index (χ1n) is 8.60. The van der Waals surface area contributed by atoms with Crippen molar-refractivity contribution in [1.29, 1.82) is 0 Å². The number of rotatable bonds is 7. The van der Waals surface area contributed by atoms with Gasteiger partial charge in [0.25, 0.3) is 5.91 Å². The van der Waals surface area contributed by atoms with E-state index in [1.807, 2.05) is 66.7 Å². The highest BCUT2D eigenvalue weighted by Crippen LogP contribution is 2.27. The summed E-state index contributed by atoms with van der Waals surface area (Å²) in [6.45, 7) is -0.330. The molecular formula is C22H18ClNO3S. The van der Waals surface area contributed by atoms with Crippen LogP contribution in [0.5, 0.6) is 0 Å². The molecule has 0 radical (unpaired) electrons. The summed E-state index contributed by atoms with van der Waals surface area (Å²) in [6.07, 6.45) is 0. The number of carbonyl (C=O) groups excluding carboxylic acids is 2. The monoisotopic (exact) mass is 411 g/mol. The molecule has 0 heterocycles. The number of hydrogen-bond donors (Lipinski definition) is 1. The Morgan fingerprint density at radius 3 is 2.32 bits per heavy atom. The molecule has 0 aliphatic rings. The zero-order valence-corrected chi connectivity index (χ0v) is 16.5. The van der Waals surface area contributed by atoms with Crippen LogP contribution >= 0.6 is 23.4 Å². The van der Waals surface area contributed by atoms with Crippen LogP contribution in [-0.4, -0.2) is 24.2 Å². The molecule has 142 valence electrons. The summed E-state index contributed by atoms with van der Waals surface area (Å²) in [4.78, 5) is 25.0. The normalized spacial score (nSPS) is 10.3. The Labute approximate surface area is 172 Å². The molecule has 0 saturated heterocycles. The summed E-state index contributed by atoms with van der Waals surface area (Å²) in [6, 6.07) is 24.4. The first-order valence-corrected chi connectivity index (χ1v) is 9.96. The Bertz CT molecular complexity index is 946. The number of esters is 1. The number of benzene rings is 3. The number of hydrogen-bond acceptors (Lipinski definition) is 4.